The average Bonchev–Trinajstić information content (AvgIpc) is 2.82. The zero-order chi connectivity index (χ0) is 24.2. The van der Waals surface area contributed by atoms with E-state index in [9.17, 15) is 9.90 Å². The first-order valence-corrected chi connectivity index (χ1v) is 12.9. The molecule has 0 radical (unpaired) electrons. The molecule has 0 aromatic carbocycles. The van der Waals surface area contributed by atoms with E-state index in [0.717, 1.165) is 70.6 Å². The van der Waals surface area contributed by atoms with Crippen molar-refractivity contribution in [2.24, 2.45) is 0 Å². The number of carbonyl (C=O) groups is 1. The monoisotopic (exact) mass is 460 g/mol. The molecule has 0 aliphatic carbocycles. The average molecular weight is 461 g/mol. The fraction of sp³-hybridized carbons (Fsp3) is 0.621. The molecule has 188 valence electrons. The molecule has 0 amide bonds. The van der Waals surface area contributed by atoms with Crippen molar-refractivity contribution in [1.82, 2.24) is 0 Å². The minimum atomic E-state index is -0.551. The van der Waals surface area contributed by atoms with E-state index < -0.39 is 6.10 Å². The maximum absolute atomic E-state index is 11.7. The van der Waals surface area contributed by atoms with Crippen molar-refractivity contribution in [1.29, 1.82) is 0 Å². The third-order valence-corrected chi connectivity index (χ3v) is 4.86. The molecular formula is C29H48O4. The Morgan fingerprint density at radius 1 is 0.758 bits per heavy atom. The summed E-state index contributed by atoms with van der Waals surface area (Å²) >= 11 is 0. The van der Waals surface area contributed by atoms with E-state index in [1.54, 1.807) is 0 Å². The van der Waals surface area contributed by atoms with Gasteiger partial charge in [-0.15, -0.1) is 0 Å². The number of hydrogen-bond acceptors (Lipinski definition) is 4. The van der Waals surface area contributed by atoms with Crippen LogP contribution in [-0.2, 0) is 14.3 Å². The number of rotatable bonds is 22. The summed E-state index contributed by atoms with van der Waals surface area (Å²) in [6, 6.07) is 0. The summed E-state index contributed by atoms with van der Waals surface area (Å²) in [6.07, 6.45) is 33.0. The molecule has 0 aromatic rings. The Kier molecular flexibility index (Phi) is 24.8. The van der Waals surface area contributed by atoms with Crippen LogP contribution in [0.15, 0.2) is 60.8 Å². The highest BCUT2D eigenvalue weighted by Crippen LogP contribution is 2.04. The van der Waals surface area contributed by atoms with Gasteiger partial charge in [-0.3, -0.25) is 4.79 Å². The van der Waals surface area contributed by atoms with E-state index in [1.807, 2.05) is 0 Å². The van der Waals surface area contributed by atoms with E-state index in [-0.39, 0.29) is 19.2 Å². The fourth-order valence-electron chi connectivity index (χ4n) is 2.94. The Morgan fingerprint density at radius 2 is 1.33 bits per heavy atom. The first-order valence-electron chi connectivity index (χ1n) is 12.9. The molecule has 1 unspecified atom stereocenters. The summed E-state index contributed by atoms with van der Waals surface area (Å²) in [7, 11) is 0. The van der Waals surface area contributed by atoms with Crippen LogP contribution < -0.4 is 0 Å². The molecule has 0 spiro atoms. The zero-order valence-electron chi connectivity index (χ0n) is 21.1. The fourth-order valence-corrected chi connectivity index (χ4v) is 2.94. The van der Waals surface area contributed by atoms with Crippen molar-refractivity contribution < 1.29 is 19.4 Å². The molecule has 4 heteroatoms. The maximum Gasteiger partial charge on any atom is 0.306 e. The Bertz CT molecular complexity index is 572. The molecular weight excluding hydrogens is 412 g/mol. The lowest BCUT2D eigenvalue weighted by Crippen LogP contribution is -2.27. The van der Waals surface area contributed by atoms with Gasteiger partial charge in [-0.05, 0) is 57.8 Å². The maximum atomic E-state index is 11.7. The Balaban J connectivity index is 3.58. The van der Waals surface area contributed by atoms with E-state index in [4.69, 9.17) is 9.47 Å². The number of ether oxygens (including phenoxy) is 2. The van der Waals surface area contributed by atoms with Gasteiger partial charge >= 0.3 is 5.97 Å². The van der Waals surface area contributed by atoms with Crippen LogP contribution in [0, 0.1) is 0 Å². The lowest BCUT2D eigenvalue weighted by molar-refractivity contribution is -0.154. The van der Waals surface area contributed by atoms with Gasteiger partial charge in [0, 0.05) is 13.0 Å². The number of hydrogen-bond donors (Lipinski definition) is 1. The second-order valence-electron chi connectivity index (χ2n) is 8.03. The van der Waals surface area contributed by atoms with Crippen molar-refractivity contribution in [3.63, 3.8) is 0 Å². The number of allylic oxidation sites excluding steroid dienone is 10. The first kappa shape index (κ1) is 31.1. The largest absolute Gasteiger partial charge is 0.457 e. The third-order valence-electron chi connectivity index (χ3n) is 4.86. The molecule has 4 nitrogen and oxygen atoms in total. The van der Waals surface area contributed by atoms with Gasteiger partial charge in [0.1, 0.15) is 6.10 Å². The first-order chi connectivity index (χ1) is 16.2. The Hall–Kier alpha value is -1.91. The Morgan fingerprint density at radius 3 is 1.88 bits per heavy atom. The highest BCUT2D eigenvalue weighted by atomic mass is 16.6. The molecule has 0 heterocycles. The van der Waals surface area contributed by atoms with Gasteiger partial charge in [-0.2, -0.15) is 0 Å². The van der Waals surface area contributed by atoms with Crippen LogP contribution in [0.2, 0.25) is 0 Å². The highest BCUT2D eigenvalue weighted by molar-refractivity contribution is 5.69. The van der Waals surface area contributed by atoms with E-state index >= 15 is 0 Å². The molecule has 33 heavy (non-hydrogen) atoms. The number of carbonyl (C=O) groups excluding carboxylic acids is 1. The van der Waals surface area contributed by atoms with Gasteiger partial charge < -0.3 is 14.6 Å². The molecule has 0 aromatic heterocycles. The molecule has 0 aliphatic rings. The SMILES string of the molecule is CC/C=C\C/C=C\C/C=C\C/C=C\C/C=C\CCCCOCC(CO)OC(=O)CCCCC. The molecule has 0 saturated carbocycles. The highest BCUT2D eigenvalue weighted by Gasteiger charge is 2.13. The number of aliphatic hydroxyl groups excluding tert-OH is 1. The standard InChI is InChI=1S/C29H48O4/c1-3-5-7-8-9-10-11-12-13-14-15-16-17-18-19-20-21-23-25-32-27-28(26-30)33-29(31)24-22-6-4-2/h5,7,9-10,12-13,15-16,18-19,28,30H,3-4,6,8,11,14,17,20-27H2,1-2H3/b7-5-,10-9-,13-12-,16-15-,19-18-. The minimum absolute atomic E-state index is 0.195. The summed E-state index contributed by atoms with van der Waals surface area (Å²) < 4.78 is 10.8. The molecule has 0 rings (SSSR count). The molecule has 1 N–H and O–H groups in total. The van der Waals surface area contributed by atoms with Crippen LogP contribution >= 0.6 is 0 Å². The van der Waals surface area contributed by atoms with Crippen molar-refractivity contribution in [2.75, 3.05) is 19.8 Å². The molecule has 0 aliphatic heterocycles. The van der Waals surface area contributed by atoms with Crippen molar-refractivity contribution >= 4 is 5.97 Å². The van der Waals surface area contributed by atoms with E-state index in [0.29, 0.717) is 13.0 Å². The molecule has 0 saturated heterocycles. The molecule has 0 fully saturated rings. The van der Waals surface area contributed by atoms with Gasteiger partial charge in [0.15, 0.2) is 0 Å². The van der Waals surface area contributed by atoms with Crippen LogP contribution in [-0.4, -0.2) is 37.0 Å². The number of aliphatic hydroxyl groups is 1. The summed E-state index contributed by atoms with van der Waals surface area (Å²) in [5.74, 6) is -0.246. The van der Waals surface area contributed by atoms with Crippen molar-refractivity contribution in [3.8, 4) is 0 Å². The second kappa shape index (κ2) is 26.3. The quantitative estimate of drug-likeness (QED) is 0.104. The summed E-state index contributed by atoms with van der Waals surface area (Å²) in [5.41, 5.74) is 0. The second-order valence-corrected chi connectivity index (χ2v) is 8.03. The van der Waals surface area contributed by atoms with Gasteiger partial charge in [0.2, 0.25) is 0 Å². The van der Waals surface area contributed by atoms with Crippen LogP contribution in [0.25, 0.3) is 0 Å². The number of unbranched alkanes of at least 4 members (excludes halogenated alkanes) is 4. The topological polar surface area (TPSA) is 55.8 Å². The van der Waals surface area contributed by atoms with Crippen molar-refractivity contribution in [2.45, 2.75) is 97.0 Å². The van der Waals surface area contributed by atoms with Crippen LogP contribution in [0.3, 0.4) is 0 Å². The zero-order valence-corrected chi connectivity index (χ0v) is 21.1. The normalized spacial score (nSPS) is 13.4. The minimum Gasteiger partial charge on any atom is -0.457 e. The Labute approximate surface area is 203 Å². The molecule has 0 bridgehead atoms. The summed E-state index contributed by atoms with van der Waals surface area (Å²) in [6.45, 7) is 4.93. The summed E-state index contributed by atoms with van der Waals surface area (Å²) in [4.78, 5) is 11.7. The smallest absolute Gasteiger partial charge is 0.306 e. The lowest BCUT2D eigenvalue weighted by Gasteiger charge is -2.15. The van der Waals surface area contributed by atoms with Gasteiger partial charge in [0.25, 0.3) is 0 Å². The van der Waals surface area contributed by atoms with Crippen LogP contribution in [0.1, 0.15) is 90.9 Å². The van der Waals surface area contributed by atoms with Crippen molar-refractivity contribution in [3.05, 3.63) is 60.8 Å². The third kappa shape index (κ3) is 24.6. The summed E-state index contributed by atoms with van der Waals surface area (Å²) in [5, 5.41) is 9.33. The van der Waals surface area contributed by atoms with E-state index in [2.05, 4.69) is 74.6 Å². The van der Waals surface area contributed by atoms with Gasteiger partial charge in [0.05, 0.1) is 13.2 Å². The lowest BCUT2D eigenvalue weighted by atomic mass is 10.2. The van der Waals surface area contributed by atoms with Crippen LogP contribution in [0.4, 0.5) is 0 Å². The number of esters is 1. The van der Waals surface area contributed by atoms with Gasteiger partial charge in [-0.1, -0.05) is 87.4 Å². The predicted molar refractivity (Wildman–Crippen MR) is 140 cm³/mol. The van der Waals surface area contributed by atoms with Crippen LogP contribution in [0.5, 0.6) is 0 Å². The van der Waals surface area contributed by atoms with Gasteiger partial charge in [-0.25, -0.2) is 0 Å². The van der Waals surface area contributed by atoms with E-state index in [1.165, 1.54) is 0 Å². The predicted octanol–water partition coefficient (Wildman–Crippen LogP) is 7.41. The molecule has 1 atom stereocenters.